The van der Waals surface area contributed by atoms with Crippen LogP contribution in [-0.4, -0.2) is 9.55 Å². The summed E-state index contributed by atoms with van der Waals surface area (Å²) in [7, 11) is 0. The van der Waals surface area contributed by atoms with Gasteiger partial charge >= 0.3 is 0 Å². The molecule has 0 amide bonds. The lowest BCUT2D eigenvalue weighted by atomic mass is 10.00. The lowest BCUT2D eigenvalue weighted by Crippen LogP contribution is -1.96. The number of aromatic nitrogens is 2. The summed E-state index contributed by atoms with van der Waals surface area (Å²) >= 11 is 0. The number of benzene rings is 4. The van der Waals surface area contributed by atoms with Crippen LogP contribution < -0.4 is 0 Å². The molecule has 0 aliphatic heterocycles. The quantitative estimate of drug-likeness (QED) is 0.289. The van der Waals surface area contributed by atoms with Gasteiger partial charge in [0.25, 0.3) is 0 Å². The van der Waals surface area contributed by atoms with Gasteiger partial charge in [-0.25, -0.2) is 0 Å². The zero-order valence-corrected chi connectivity index (χ0v) is 18.1. The Morgan fingerprint density at radius 3 is 2.24 bits per heavy atom. The summed E-state index contributed by atoms with van der Waals surface area (Å²) in [5.41, 5.74) is 9.80. The van der Waals surface area contributed by atoms with Crippen LogP contribution in [-0.2, 0) is 0 Å². The molecular weight excluding hydrogens is 400 g/mol. The van der Waals surface area contributed by atoms with Gasteiger partial charge in [0.1, 0.15) is 0 Å². The molecule has 1 aliphatic rings. The van der Waals surface area contributed by atoms with Crippen molar-refractivity contribution in [1.82, 2.24) is 9.55 Å². The van der Waals surface area contributed by atoms with Crippen LogP contribution in [0, 0.1) is 0 Å². The van der Waals surface area contributed by atoms with Gasteiger partial charge in [-0.05, 0) is 66.1 Å². The molecule has 0 saturated heterocycles. The highest BCUT2D eigenvalue weighted by Gasteiger charge is 2.17. The van der Waals surface area contributed by atoms with E-state index in [-0.39, 0.29) is 0 Å². The second kappa shape index (κ2) is 7.11. The van der Waals surface area contributed by atoms with Crippen molar-refractivity contribution in [2.75, 3.05) is 0 Å². The predicted octanol–water partition coefficient (Wildman–Crippen LogP) is 8.36. The number of fused-ring (bicyclic) bond motifs is 6. The lowest BCUT2D eigenvalue weighted by Gasteiger charge is -2.09. The average molecular weight is 423 g/mol. The number of allylic oxidation sites excluding steroid dienone is 2. The Balaban J connectivity index is 1.47. The van der Waals surface area contributed by atoms with Gasteiger partial charge < -0.3 is 9.55 Å². The van der Waals surface area contributed by atoms with Crippen molar-refractivity contribution in [1.29, 1.82) is 0 Å². The first-order valence-electron chi connectivity index (χ1n) is 11.4. The largest absolute Gasteiger partial charge is 0.355 e. The Bertz CT molecular complexity index is 1730. The number of nitrogens with zero attached hydrogens (tertiary/aromatic N) is 1. The van der Waals surface area contributed by atoms with Gasteiger partial charge in [-0.15, -0.1) is 0 Å². The molecule has 2 aromatic heterocycles. The highest BCUT2D eigenvalue weighted by atomic mass is 15.0. The molecule has 0 spiro atoms. The summed E-state index contributed by atoms with van der Waals surface area (Å²) < 4.78 is 2.38. The normalized spacial score (nSPS) is 13.1. The van der Waals surface area contributed by atoms with Crippen molar-refractivity contribution < 1.29 is 0 Å². The van der Waals surface area contributed by atoms with E-state index in [2.05, 4.69) is 125 Å². The zero-order chi connectivity index (χ0) is 21.8. The number of rotatable bonds is 2. The van der Waals surface area contributed by atoms with Crippen LogP contribution in [0.15, 0.2) is 103 Å². The molecule has 2 nitrogen and oxygen atoms in total. The van der Waals surface area contributed by atoms with E-state index in [0.717, 1.165) is 6.42 Å². The highest BCUT2D eigenvalue weighted by Crippen LogP contribution is 2.37. The van der Waals surface area contributed by atoms with E-state index < -0.39 is 0 Å². The number of hydrogen-bond acceptors (Lipinski definition) is 0. The van der Waals surface area contributed by atoms with E-state index in [0.29, 0.717) is 0 Å². The molecule has 0 radical (unpaired) electrons. The van der Waals surface area contributed by atoms with Gasteiger partial charge in [0.15, 0.2) is 0 Å². The fourth-order valence-electron chi connectivity index (χ4n) is 5.18. The molecule has 4 aromatic carbocycles. The monoisotopic (exact) mass is 422 g/mol. The van der Waals surface area contributed by atoms with Crippen LogP contribution in [0.25, 0.3) is 61.7 Å². The van der Waals surface area contributed by atoms with Gasteiger partial charge in [-0.2, -0.15) is 0 Å². The van der Waals surface area contributed by atoms with Gasteiger partial charge in [-0.3, -0.25) is 0 Å². The van der Waals surface area contributed by atoms with Crippen molar-refractivity contribution in [3.05, 3.63) is 114 Å². The van der Waals surface area contributed by atoms with Crippen molar-refractivity contribution in [2.24, 2.45) is 0 Å². The summed E-state index contributed by atoms with van der Waals surface area (Å²) in [6.07, 6.45) is 10.00. The summed E-state index contributed by atoms with van der Waals surface area (Å²) in [6, 6.07) is 32.8. The smallest absolute Gasteiger partial charge is 0.0541 e. The standard InChI is InChI=1S/C31H22N2/c1-3-9-23(10-4-1)33-30-14-6-2-5-12-25(30)27-20-22(16-18-31(27)33)21-15-17-29-26(19-21)24-11-7-8-13-28(24)32-29/h1,3-20,32H,2H2. The number of aromatic amines is 1. The molecule has 7 rings (SSSR count). The number of nitrogens with one attached hydrogen (secondary N) is 1. The van der Waals surface area contributed by atoms with Crippen molar-refractivity contribution in [3.63, 3.8) is 0 Å². The number of hydrogen-bond donors (Lipinski definition) is 1. The van der Waals surface area contributed by atoms with E-state index in [1.807, 2.05) is 0 Å². The summed E-state index contributed by atoms with van der Waals surface area (Å²) in [5, 5.41) is 3.83. The molecule has 0 bridgehead atoms. The van der Waals surface area contributed by atoms with Crippen LogP contribution in [0.1, 0.15) is 17.7 Å². The Hall–Kier alpha value is -4.30. The topological polar surface area (TPSA) is 20.7 Å². The second-order valence-electron chi connectivity index (χ2n) is 8.67. The number of H-pyrrole nitrogens is 1. The molecule has 1 N–H and O–H groups in total. The van der Waals surface area contributed by atoms with Gasteiger partial charge in [0.05, 0.1) is 11.2 Å². The van der Waals surface area contributed by atoms with Crippen LogP contribution in [0.5, 0.6) is 0 Å². The molecule has 0 atom stereocenters. The van der Waals surface area contributed by atoms with E-state index in [1.54, 1.807) is 0 Å². The maximum Gasteiger partial charge on any atom is 0.0541 e. The first-order valence-corrected chi connectivity index (χ1v) is 11.4. The molecule has 0 saturated carbocycles. The van der Waals surface area contributed by atoms with Gasteiger partial charge in [0.2, 0.25) is 0 Å². The second-order valence-corrected chi connectivity index (χ2v) is 8.67. The molecule has 0 unspecified atom stereocenters. The number of para-hydroxylation sites is 2. The molecule has 6 aromatic rings. The van der Waals surface area contributed by atoms with Crippen LogP contribution in [0.2, 0.25) is 0 Å². The van der Waals surface area contributed by atoms with Crippen LogP contribution >= 0.6 is 0 Å². The SMILES string of the molecule is C1=Cc2c(n(-c3ccccc3)c3ccc(-c4ccc5[nH]c6ccccc6c5c4)cc23)C=CC1. The molecule has 2 heterocycles. The van der Waals surface area contributed by atoms with Crippen molar-refractivity contribution in [2.45, 2.75) is 6.42 Å². The summed E-state index contributed by atoms with van der Waals surface area (Å²) in [5.74, 6) is 0. The van der Waals surface area contributed by atoms with Crippen molar-refractivity contribution in [3.8, 4) is 16.8 Å². The minimum atomic E-state index is 0.960. The first-order chi connectivity index (χ1) is 16.4. The minimum Gasteiger partial charge on any atom is -0.355 e. The summed E-state index contributed by atoms with van der Waals surface area (Å²) in [6.45, 7) is 0. The molecular formula is C31H22N2. The Labute approximate surface area is 192 Å². The molecule has 2 heteroatoms. The highest BCUT2D eigenvalue weighted by molar-refractivity contribution is 6.08. The predicted molar refractivity (Wildman–Crippen MR) is 141 cm³/mol. The van der Waals surface area contributed by atoms with Crippen molar-refractivity contribution >= 4 is 44.9 Å². The van der Waals surface area contributed by atoms with Gasteiger partial charge in [0, 0.05) is 38.4 Å². The minimum absolute atomic E-state index is 0.960. The third-order valence-corrected chi connectivity index (χ3v) is 6.73. The molecule has 1 aliphatic carbocycles. The van der Waals surface area contributed by atoms with E-state index in [1.165, 1.54) is 60.8 Å². The van der Waals surface area contributed by atoms with Crippen LogP contribution in [0.4, 0.5) is 0 Å². The average Bonchev–Trinajstić information content (AvgIpc) is 3.28. The fourth-order valence-corrected chi connectivity index (χ4v) is 5.18. The summed E-state index contributed by atoms with van der Waals surface area (Å²) in [4.78, 5) is 3.54. The lowest BCUT2D eigenvalue weighted by molar-refractivity contribution is 1.10. The third kappa shape index (κ3) is 2.81. The Morgan fingerprint density at radius 2 is 1.33 bits per heavy atom. The van der Waals surface area contributed by atoms with E-state index >= 15 is 0 Å². The molecule has 0 fully saturated rings. The van der Waals surface area contributed by atoms with Crippen LogP contribution in [0.3, 0.4) is 0 Å². The van der Waals surface area contributed by atoms with E-state index in [9.17, 15) is 0 Å². The molecule has 156 valence electrons. The van der Waals surface area contributed by atoms with E-state index in [4.69, 9.17) is 0 Å². The third-order valence-electron chi connectivity index (χ3n) is 6.73. The Morgan fingerprint density at radius 1 is 0.606 bits per heavy atom. The maximum absolute atomic E-state index is 3.54. The maximum atomic E-state index is 3.54. The first kappa shape index (κ1) is 18.3. The molecule has 33 heavy (non-hydrogen) atoms. The fraction of sp³-hybridized carbons (Fsp3) is 0.0323. The zero-order valence-electron chi connectivity index (χ0n) is 18.1. The Kier molecular flexibility index (Phi) is 3.94. The van der Waals surface area contributed by atoms with Gasteiger partial charge in [-0.1, -0.05) is 66.8 Å².